The van der Waals surface area contributed by atoms with Crippen LogP contribution in [-0.2, 0) is 13.0 Å². The van der Waals surface area contributed by atoms with Crippen LogP contribution in [0, 0.1) is 0 Å². The van der Waals surface area contributed by atoms with Gasteiger partial charge >= 0.3 is 0 Å². The second-order valence-electron chi connectivity index (χ2n) is 8.66. The molecule has 176 valence electrons. The molecule has 32 heavy (non-hydrogen) atoms. The highest BCUT2D eigenvalue weighted by molar-refractivity contribution is 5.43. The second kappa shape index (κ2) is 14.1. The Morgan fingerprint density at radius 3 is 2.62 bits per heavy atom. The van der Waals surface area contributed by atoms with Crippen LogP contribution in [0.25, 0.3) is 0 Å². The van der Waals surface area contributed by atoms with Gasteiger partial charge in [-0.05, 0) is 74.6 Å². The molecule has 6 heteroatoms. The number of ether oxygens (including phenoxy) is 2. The number of methoxy groups -OCH3 is 1. The number of nitrogens with one attached hydrogen (secondary N) is 1. The van der Waals surface area contributed by atoms with Gasteiger partial charge in [0.2, 0.25) is 0 Å². The van der Waals surface area contributed by atoms with E-state index in [2.05, 4.69) is 27.3 Å². The van der Waals surface area contributed by atoms with E-state index in [-0.39, 0.29) is 6.61 Å². The molecular formula is C26H39N3O3. The van der Waals surface area contributed by atoms with Crippen molar-refractivity contribution in [2.45, 2.75) is 57.6 Å². The first-order chi connectivity index (χ1) is 15.7. The molecule has 1 unspecified atom stereocenters. The van der Waals surface area contributed by atoms with Crippen LogP contribution in [0.2, 0.25) is 0 Å². The topological polar surface area (TPSA) is 66.8 Å². The highest BCUT2D eigenvalue weighted by atomic mass is 16.5. The lowest BCUT2D eigenvalue weighted by Gasteiger charge is -2.26. The van der Waals surface area contributed by atoms with Crippen molar-refractivity contribution in [1.29, 1.82) is 0 Å². The lowest BCUT2D eigenvalue weighted by atomic mass is 10.1. The Bertz CT molecular complexity index is 764. The number of pyridine rings is 1. The van der Waals surface area contributed by atoms with E-state index in [9.17, 15) is 5.11 Å². The number of likely N-dealkylation sites (tertiary alicyclic amines) is 1. The monoisotopic (exact) mass is 441 g/mol. The number of nitrogens with zero attached hydrogens (tertiary/aromatic N) is 2. The van der Waals surface area contributed by atoms with E-state index in [1.165, 1.54) is 37.7 Å². The van der Waals surface area contributed by atoms with Crippen LogP contribution in [0.4, 0.5) is 0 Å². The minimum absolute atomic E-state index is 0.273. The lowest BCUT2D eigenvalue weighted by Crippen LogP contribution is -2.37. The van der Waals surface area contributed by atoms with Gasteiger partial charge in [0.15, 0.2) is 11.5 Å². The van der Waals surface area contributed by atoms with E-state index in [1.54, 1.807) is 13.3 Å². The SMILES string of the molecule is COc1ccc(CNCCCc2cccnc2)cc1OCC(O)CN1CCCCCCC1. The van der Waals surface area contributed by atoms with Crippen LogP contribution < -0.4 is 14.8 Å². The van der Waals surface area contributed by atoms with Gasteiger partial charge < -0.3 is 24.8 Å². The van der Waals surface area contributed by atoms with Crippen molar-refractivity contribution in [3.05, 3.63) is 53.9 Å². The molecule has 0 spiro atoms. The first kappa shape index (κ1) is 24.5. The first-order valence-corrected chi connectivity index (χ1v) is 12.0. The van der Waals surface area contributed by atoms with Crippen molar-refractivity contribution in [3.63, 3.8) is 0 Å². The summed E-state index contributed by atoms with van der Waals surface area (Å²) in [6.45, 7) is 4.79. The van der Waals surface area contributed by atoms with Gasteiger partial charge in [-0.2, -0.15) is 0 Å². The van der Waals surface area contributed by atoms with Crippen molar-refractivity contribution in [1.82, 2.24) is 15.2 Å². The molecule has 0 aliphatic carbocycles. The van der Waals surface area contributed by atoms with Crippen LogP contribution in [0.5, 0.6) is 11.5 Å². The molecule has 1 aromatic carbocycles. The molecule has 0 radical (unpaired) electrons. The molecular weight excluding hydrogens is 402 g/mol. The Labute approximate surface area is 193 Å². The average Bonchev–Trinajstić information content (AvgIpc) is 2.80. The molecule has 2 aromatic rings. The molecule has 1 fully saturated rings. The van der Waals surface area contributed by atoms with Crippen molar-refractivity contribution < 1.29 is 14.6 Å². The molecule has 1 aliphatic heterocycles. The zero-order chi connectivity index (χ0) is 22.4. The quantitative estimate of drug-likeness (QED) is 0.488. The van der Waals surface area contributed by atoms with Crippen LogP contribution in [0.3, 0.4) is 0 Å². The Balaban J connectivity index is 1.42. The fraction of sp³-hybridized carbons (Fsp3) is 0.577. The number of rotatable bonds is 12. The van der Waals surface area contributed by atoms with Crippen molar-refractivity contribution in [2.75, 3.05) is 39.9 Å². The zero-order valence-electron chi connectivity index (χ0n) is 19.5. The van der Waals surface area contributed by atoms with Crippen LogP contribution in [0.15, 0.2) is 42.7 Å². The van der Waals surface area contributed by atoms with Crippen LogP contribution in [-0.4, -0.2) is 61.0 Å². The maximum Gasteiger partial charge on any atom is 0.161 e. The fourth-order valence-electron chi connectivity index (χ4n) is 4.17. The molecule has 2 heterocycles. The Morgan fingerprint density at radius 1 is 1.06 bits per heavy atom. The Hall–Kier alpha value is -2.15. The Morgan fingerprint density at radius 2 is 1.88 bits per heavy atom. The number of benzene rings is 1. The molecule has 0 bridgehead atoms. The van der Waals surface area contributed by atoms with Gasteiger partial charge in [0.25, 0.3) is 0 Å². The lowest BCUT2D eigenvalue weighted by molar-refractivity contribution is 0.0644. The zero-order valence-corrected chi connectivity index (χ0v) is 19.5. The minimum Gasteiger partial charge on any atom is -0.493 e. The van der Waals surface area contributed by atoms with Crippen LogP contribution in [0.1, 0.15) is 49.7 Å². The summed E-state index contributed by atoms with van der Waals surface area (Å²) in [5, 5.41) is 14.0. The number of aliphatic hydroxyl groups is 1. The summed E-state index contributed by atoms with van der Waals surface area (Å²) < 4.78 is 11.4. The van der Waals surface area contributed by atoms with E-state index in [4.69, 9.17) is 9.47 Å². The molecule has 2 N–H and O–H groups in total. The van der Waals surface area contributed by atoms with Gasteiger partial charge in [-0.15, -0.1) is 0 Å². The third kappa shape index (κ3) is 8.77. The third-order valence-corrected chi connectivity index (χ3v) is 5.95. The number of hydrogen-bond donors (Lipinski definition) is 2. The normalized spacial score (nSPS) is 16.2. The van der Waals surface area contributed by atoms with Crippen molar-refractivity contribution >= 4 is 0 Å². The smallest absolute Gasteiger partial charge is 0.161 e. The van der Waals surface area contributed by atoms with Crippen LogP contribution >= 0.6 is 0 Å². The predicted octanol–water partition coefficient (Wildman–Crippen LogP) is 3.82. The summed E-state index contributed by atoms with van der Waals surface area (Å²) in [5.74, 6) is 1.39. The van der Waals surface area contributed by atoms with Gasteiger partial charge in [0, 0.05) is 25.5 Å². The van der Waals surface area contributed by atoms with E-state index in [0.29, 0.717) is 18.0 Å². The molecule has 3 rings (SSSR count). The maximum absolute atomic E-state index is 10.5. The summed E-state index contributed by atoms with van der Waals surface area (Å²) >= 11 is 0. The number of aromatic nitrogens is 1. The second-order valence-corrected chi connectivity index (χ2v) is 8.66. The standard InChI is InChI=1S/C26H39N3O3/c1-31-25-12-11-23(19-28-14-8-10-22-9-7-13-27-18-22)17-26(25)32-21-24(30)20-29-15-5-3-2-4-6-16-29/h7,9,11-13,17-18,24,28,30H,2-6,8,10,14-16,19-21H2,1H3. The number of hydrogen-bond acceptors (Lipinski definition) is 6. The number of aliphatic hydroxyl groups excluding tert-OH is 1. The van der Waals surface area contributed by atoms with Gasteiger partial charge in [-0.1, -0.05) is 31.4 Å². The van der Waals surface area contributed by atoms with Crippen molar-refractivity contribution in [2.24, 2.45) is 0 Å². The van der Waals surface area contributed by atoms with E-state index >= 15 is 0 Å². The molecule has 0 saturated carbocycles. The molecule has 1 saturated heterocycles. The van der Waals surface area contributed by atoms with Gasteiger partial charge in [-0.3, -0.25) is 4.98 Å². The summed E-state index contributed by atoms with van der Waals surface area (Å²) in [7, 11) is 1.65. The average molecular weight is 442 g/mol. The number of β-amino-alcohol motifs (C(OH)–C–C–N with tert-alkyl or cyclic N) is 1. The molecule has 1 aliphatic rings. The van der Waals surface area contributed by atoms with E-state index < -0.39 is 6.10 Å². The molecule has 6 nitrogen and oxygen atoms in total. The fourth-order valence-corrected chi connectivity index (χ4v) is 4.17. The van der Waals surface area contributed by atoms with Gasteiger partial charge in [0.1, 0.15) is 12.7 Å². The molecule has 1 atom stereocenters. The minimum atomic E-state index is -0.506. The highest BCUT2D eigenvalue weighted by Gasteiger charge is 2.15. The highest BCUT2D eigenvalue weighted by Crippen LogP contribution is 2.28. The van der Waals surface area contributed by atoms with Gasteiger partial charge in [0.05, 0.1) is 7.11 Å². The Kier molecular flexibility index (Phi) is 10.8. The largest absolute Gasteiger partial charge is 0.493 e. The summed E-state index contributed by atoms with van der Waals surface area (Å²) in [4.78, 5) is 6.53. The van der Waals surface area contributed by atoms with E-state index in [1.807, 2.05) is 24.4 Å². The van der Waals surface area contributed by atoms with Gasteiger partial charge in [-0.25, -0.2) is 0 Å². The maximum atomic E-state index is 10.5. The third-order valence-electron chi connectivity index (χ3n) is 5.95. The summed E-state index contributed by atoms with van der Waals surface area (Å²) in [5.41, 5.74) is 2.41. The van der Waals surface area contributed by atoms with Crippen molar-refractivity contribution in [3.8, 4) is 11.5 Å². The molecule has 1 aromatic heterocycles. The predicted molar refractivity (Wildman–Crippen MR) is 128 cm³/mol. The first-order valence-electron chi connectivity index (χ1n) is 12.0. The molecule has 0 amide bonds. The summed E-state index contributed by atoms with van der Waals surface area (Å²) in [6, 6.07) is 10.1. The number of aryl methyl sites for hydroxylation is 1. The summed E-state index contributed by atoms with van der Waals surface area (Å²) in [6.07, 6.45) is 11.7. The van der Waals surface area contributed by atoms with E-state index in [0.717, 1.165) is 44.6 Å².